The molecule has 1 heterocycles. The van der Waals surface area contributed by atoms with Crippen LogP contribution in [0.1, 0.15) is 0 Å². The van der Waals surface area contributed by atoms with Gasteiger partial charge in [0.2, 0.25) is 0 Å². The minimum atomic E-state index is 0.811. The molecule has 3 heteroatoms. The Hall–Kier alpha value is -1.87. The Balaban J connectivity index is 2.22. The van der Waals surface area contributed by atoms with Crippen LogP contribution in [-0.4, -0.2) is 4.98 Å². The van der Waals surface area contributed by atoms with Crippen LogP contribution in [0.4, 0.5) is 5.69 Å². The maximum Gasteiger partial charge on any atom is 0.0812 e. The number of nitrogens with two attached hydrogens (primary N) is 1. The lowest BCUT2D eigenvalue weighted by atomic mass is 10.0. The predicted molar refractivity (Wildman–Crippen MR) is 69.5 cm³/mol. The van der Waals surface area contributed by atoms with E-state index in [1.54, 1.807) is 11.3 Å². The van der Waals surface area contributed by atoms with Gasteiger partial charge in [0.05, 0.1) is 15.7 Å². The monoisotopic (exact) mass is 226 g/mol. The Bertz CT molecular complexity index is 643. The summed E-state index contributed by atoms with van der Waals surface area (Å²) in [6.07, 6.45) is 0. The molecule has 3 aromatic rings. The Morgan fingerprint density at radius 3 is 2.81 bits per heavy atom. The van der Waals surface area contributed by atoms with Gasteiger partial charge in [-0.25, -0.2) is 4.98 Å². The summed E-state index contributed by atoms with van der Waals surface area (Å²) >= 11 is 1.65. The second kappa shape index (κ2) is 3.61. The second-order valence-corrected chi connectivity index (χ2v) is 4.51. The van der Waals surface area contributed by atoms with E-state index in [2.05, 4.69) is 17.1 Å². The Kier molecular flexibility index (Phi) is 2.11. The molecule has 2 N–H and O–H groups in total. The number of hydrogen-bond donors (Lipinski definition) is 1. The number of para-hydroxylation sites is 1. The van der Waals surface area contributed by atoms with Crippen molar-refractivity contribution < 1.29 is 0 Å². The Labute approximate surface area is 97.4 Å². The van der Waals surface area contributed by atoms with Crippen LogP contribution in [0.5, 0.6) is 0 Å². The summed E-state index contributed by atoms with van der Waals surface area (Å²) in [5.74, 6) is 0. The van der Waals surface area contributed by atoms with Crippen molar-refractivity contribution in [1.29, 1.82) is 0 Å². The first-order chi connectivity index (χ1) is 7.84. The fourth-order valence-corrected chi connectivity index (χ4v) is 2.50. The molecular weight excluding hydrogens is 216 g/mol. The van der Waals surface area contributed by atoms with Gasteiger partial charge in [-0.05, 0) is 23.8 Å². The van der Waals surface area contributed by atoms with E-state index in [0.29, 0.717) is 0 Å². The van der Waals surface area contributed by atoms with Crippen molar-refractivity contribution in [3.63, 3.8) is 0 Å². The van der Waals surface area contributed by atoms with E-state index in [4.69, 9.17) is 5.73 Å². The SMILES string of the molecule is Nc1ccccc1-c1ccc2ncsc2c1. The molecule has 0 atom stereocenters. The van der Waals surface area contributed by atoms with Crippen LogP contribution in [0.2, 0.25) is 0 Å². The van der Waals surface area contributed by atoms with Gasteiger partial charge in [-0.3, -0.25) is 0 Å². The first-order valence-corrected chi connectivity index (χ1v) is 5.91. The van der Waals surface area contributed by atoms with Gasteiger partial charge < -0.3 is 5.73 Å². The first kappa shape index (κ1) is 9.36. The molecule has 16 heavy (non-hydrogen) atoms. The molecule has 0 unspecified atom stereocenters. The highest BCUT2D eigenvalue weighted by Crippen LogP contribution is 2.29. The highest BCUT2D eigenvalue weighted by molar-refractivity contribution is 7.16. The molecular formula is C13H10N2S. The van der Waals surface area contributed by atoms with E-state index >= 15 is 0 Å². The molecule has 0 saturated heterocycles. The summed E-state index contributed by atoms with van der Waals surface area (Å²) in [6, 6.07) is 14.1. The Morgan fingerprint density at radius 1 is 1.06 bits per heavy atom. The van der Waals surface area contributed by atoms with Crippen molar-refractivity contribution in [1.82, 2.24) is 4.98 Å². The molecule has 2 aromatic carbocycles. The number of rotatable bonds is 1. The third-order valence-corrected chi connectivity index (χ3v) is 3.39. The van der Waals surface area contributed by atoms with Crippen LogP contribution in [0, 0.1) is 0 Å². The molecule has 0 bridgehead atoms. The number of fused-ring (bicyclic) bond motifs is 1. The van der Waals surface area contributed by atoms with Gasteiger partial charge in [-0.1, -0.05) is 24.3 Å². The predicted octanol–water partition coefficient (Wildman–Crippen LogP) is 3.55. The van der Waals surface area contributed by atoms with Gasteiger partial charge in [-0.2, -0.15) is 0 Å². The first-order valence-electron chi connectivity index (χ1n) is 5.03. The van der Waals surface area contributed by atoms with Gasteiger partial charge in [0.25, 0.3) is 0 Å². The molecule has 0 radical (unpaired) electrons. The lowest BCUT2D eigenvalue weighted by molar-refractivity contribution is 1.50. The molecule has 0 aliphatic rings. The maximum absolute atomic E-state index is 5.96. The molecule has 0 spiro atoms. The summed E-state index contributed by atoms with van der Waals surface area (Å²) in [7, 11) is 0. The molecule has 2 nitrogen and oxygen atoms in total. The molecule has 78 valence electrons. The zero-order valence-electron chi connectivity index (χ0n) is 8.55. The summed E-state index contributed by atoms with van der Waals surface area (Å²) in [5, 5.41) is 0. The third kappa shape index (κ3) is 1.46. The van der Waals surface area contributed by atoms with Crippen LogP contribution in [0.15, 0.2) is 48.0 Å². The number of hydrogen-bond acceptors (Lipinski definition) is 3. The summed E-state index contributed by atoms with van der Waals surface area (Å²) in [6.45, 7) is 0. The van der Waals surface area contributed by atoms with Crippen molar-refractivity contribution in [3.05, 3.63) is 48.0 Å². The standard InChI is InChI=1S/C13H10N2S/c14-11-4-2-1-3-10(11)9-5-6-12-13(7-9)16-8-15-12/h1-8H,14H2. The van der Waals surface area contributed by atoms with Crippen LogP contribution < -0.4 is 5.73 Å². The Morgan fingerprint density at radius 2 is 1.94 bits per heavy atom. The molecule has 0 amide bonds. The van der Waals surface area contributed by atoms with E-state index < -0.39 is 0 Å². The lowest BCUT2D eigenvalue weighted by Gasteiger charge is -2.04. The zero-order valence-corrected chi connectivity index (χ0v) is 9.37. The normalized spacial score (nSPS) is 10.8. The average Bonchev–Trinajstić information content (AvgIpc) is 2.76. The van der Waals surface area contributed by atoms with Crippen LogP contribution in [-0.2, 0) is 0 Å². The van der Waals surface area contributed by atoms with Crippen molar-refractivity contribution in [3.8, 4) is 11.1 Å². The number of thiazole rings is 1. The van der Waals surface area contributed by atoms with E-state index in [1.165, 1.54) is 4.70 Å². The molecule has 0 aliphatic heterocycles. The summed E-state index contributed by atoms with van der Waals surface area (Å²) in [5.41, 5.74) is 11.9. The number of benzene rings is 2. The van der Waals surface area contributed by atoms with Crippen molar-refractivity contribution in [2.45, 2.75) is 0 Å². The lowest BCUT2D eigenvalue weighted by Crippen LogP contribution is -1.88. The number of nitrogen functional groups attached to an aromatic ring is 1. The van der Waals surface area contributed by atoms with Crippen LogP contribution in [0.3, 0.4) is 0 Å². The van der Waals surface area contributed by atoms with E-state index in [9.17, 15) is 0 Å². The van der Waals surface area contributed by atoms with E-state index in [-0.39, 0.29) is 0 Å². The third-order valence-electron chi connectivity index (χ3n) is 2.60. The van der Waals surface area contributed by atoms with Gasteiger partial charge in [-0.15, -0.1) is 11.3 Å². The zero-order chi connectivity index (χ0) is 11.0. The molecule has 1 aromatic heterocycles. The summed E-state index contributed by atoms with van der Waals surface area (Å²) < 4.78 is 1.20. The van der Waals surface area contributed by atoms with E-state index in [0.717, 1.165) is 22.3 Å². The molecule has 0 saturated carbocycles. The van der Waals surface area contributed by atoms with E-state index in [1.807, 2.05) is 35.8 Å². The van der Waals surface area contributed by atoms with Gasteiger partial charge in [0.15, 0.2) is 0 Å². The highest BCUT2D eigenvalue weighted by Gasteiger charge is 2.03. The highest BCUT2D eigenvalue weighted by atomic mass is 32.1. The molecule has 0 aliphatic carbocycles. The summed E-state index contributed by atoms with van der Waals surface area (Å²) in [4.78, 5) is 4.26. The van der Waals surface area contributed by atoms with Crippen molar-refractivity contribution >= 4 is 27.2 Å². The topological polar surface area (TPSA) is 38.9 Å². The van der Waals surface area contributed by atoms with Gasteiger partial charge >= 0.3 is 0 Å². The molecule has 0 fully saturated rings. The van der Waals surface area contributed by atoms with Gasteiger partial charge in [0.1, 0.15) is 0 Å². The minimum absolute atomic E-state index is 0.811. The fourth-order valence-electron chi connectivity index (χ4n) is 1.78. The number of anilines is 1. The average molecular weight is 226 g/mol. The van der Waals surface area contributed by atoms with Gasteiger partial charge in [0, 0.05) is 11.3 Å². The van der Waals surface area contributed by atoms with Crippen LogP contribution >= 0.6 is 11.3 Å². The quantitative estimate of drug-likeness (QED) is 0.644. The molecule has 3 rings (SSSR count). The second-order valence-electron chi connectivity index (χ2n) is 3.62. The van der Waals surface area contributed by atoms with Crippen LogP contribution in [0.25, 0.3) is 21.3 Å². The number of aromatic nitrogens is 1. The maximum atomic E-state index is 5.96. The smallest absolute Gasteiger partial charge is 0.0812 e. The van der Waals surface area contributed by atoms with Crippen molar-refractivity contribution in [2.75, 3.05) is 5.73 Å². The van der Waals surface area contributed by atoms with Crippen molar-refractivity contribution in [2.24, 2.45) is 0 Å². The fraction of sp³-hybridized carbons (Fsp3) is 0. The number of nitrogens with zero attached hydrogens (tertiary/aromatic N) is 1. The largest absolute Gasteiger partial charge is 0.398 e. The minimum Gasteiger partial charge on any atom is -0.398 e.